The van der Waals surface area contributed by atoms with Gasteiger partial charge in [0, 0.05) is 18.9 Å². The molecule has 142 valence electrons. The highest BCUT2D eigenvalue weighted by Gasteiger charge is 2.25. The maximum atomic E-state index is 5.72. The van der Waals surface area contributed by atoms with Crippen LogP contribution in [0.5, 0.6) is 0 Å². The second-order valence-electron chi connectivity index (χ2n) is 7.24. The molecule has 1 aromatic rings. The standard InChI is InChI=1S/C22H28N4O/c1-4-6-14-26-17-20(19-16-23-12-13-24-19)27-25-21(26)10-9-18-8-7-11-22(3,5-2)15-18/h4,6-10,12-13,15-16,20H,5,11,14,17H2,1-3H3/b6-4-,10-9+/t20?,22-/m1/s1. The molecule has 1 aliphatic heterocycles. The largest absolute Gasteiger partial charge is 0.382 e. The Morgan fingerprint density at radius 3 is 2.96 bits per heavy atom. The van der Waals surface area contributed by atoms with Gasteiger partial charge >= 0.3 is 0 Å². The normalized spacial score (nSPS) is 25.6. The molecule has 2 heterocycles. The molecule has 2 atom stereocenters. The molecule has 0 saturated carbocycles. The van der Waals surface area contributed by atoms with Crippen LogP contribution < -0.4 is 0 Å². The Hall–Kier alpha value is -2.69. The van der Waals surface area contributed by atoms with E-state index < -0.39 is 0 Å². The van der Waals surface area contributed by atoms with Crippen molar-refractivity contribution < 1.29 is 4.84 Å². The number of aromatic nitrogens is 2. The van der Waals surface area contributed by atoms with Gasteiger partial charge in [-0.25, -0.2) is 0 Å². The van der Waals surface area contributed by atoms with Gasteiger partial charge in [-0.2, -0.15) is 0 Å². The summed E-state index contributed by atoms with van der Waals surface area (Å²) < 4.78 is 0. The van der Waals surface area contributed by atoms with Gasteiger partial charge in [0.15, 0.2) is 11.9 Å². The first kappa shape index (κ1) is 19.1. The summed E-state index contributed by atoms with van der Waals surface area (Å²) in [6, 6.07) is 0. The first-order chi connectivity index (χ1) is 13.1. The molecule has 0 fully saturated rings. The quantitative estimate of drug-likeness (QED) is 0.692. The van der Waals surface area contributed by atoms with Crippen molar-refractivity contribution >= 4 is 5.84 Å². The van der Waals surface area contributed by atoms with E-state index in [1.807, 2.05) is 19.1 Å². The van der Waals surface area contributed by atoms with Crippen molar-refractivity contribution in [1.29, 1.82) is 0 Å². The molecule has 3 rings (SSSR count). The fourth-order valence-electron chi connectivity index (χ4n) is 3.16. The zero-order valence-electron chi connectivity index (χ0n) is 16.4. The van der Waals surface area contributed by atoms with E-state index in [9.17, 15) is 0 Å². The number of amidine groups is 1. The lowest BCUT2D eigenvalue weighted by atomic mass is 9.79. The molecule has 0 spiro atoms. The molecule has 5 nitrogen and oxygen atoms in total. The maximum Gasteiger partial charge on any atom is 0.188 e. The lowest BCUT2D eigenvalue weighted by Gasteiger charge is -2.31. The molecule has 2 aliphatic rings. The fraction of sp³-hybridized carbons (Fsp3) is 0.409. The van der Waals surface area contributed by atoms with Crippen LogP contribution in [0.4, 0.5) is 0 Å². The molecule has 0 N–H and O–H groups in total. The topological polar surface area (TPSA) is 50.6 Å². The van der Waals surface area contributed by atoms with Crippen LogP contribution in [0.25, 0.3) is 0 Å². The molecule has 0 bridgehead atoms. The minimum atomic E-state index is -0.210. The van der Waals surface area contributed by atoms with Gasteiger partial charge in [-0.05, 0) is 36.8 Å². The first-order valence-corrected chi connectivity index (χ1v) is 9.57. The average Bonchev–Trinajstić information content (AvgIpc) is 2.72. The average molecular weight is 364 g/mol. The van der Waals surface area contributed by atoms with Crippen LogP contribution >= 0.6 is 0 Å². The highest BCUT2D eigenvalue weighted by Crippen LogP contribution is 2.33. The summed E-state index contributed by atoms with van der Waals surface area (Å²) in [5.74, 6) is 0.825. The lowest BCUT2D eigenvalue weighted by Crippen LogP contribution is -2.38. The molecule has 0 saturated heterocycles. The van der Waals surface area contributed by atoms with Crippen LogP contribution in [-0.4, -0.2) is 33.8 Å². The third-order valence-electron chi connectivity index (χ3n) is 5.10. The van der Waals surface area contributed by atoms with Gasteiger partial charge in [-0.15, -0.1) is 0 Å². The zero-order valence-corrected chi connectivity index (χ0v) is 16.4. The van der Waals surface area contributed by atoms with E-state index in [1.165, 1.54) is 5.57 Å². The van der Waals surface area contributed by atoms with Crippen molar-refractivity contribution in [2.24, 2.45) is 10.6 Å². The van der Waals surface area contributed by atoms with Gasteiger partial charge in [0.25, 0.3) is 0 Å². The second-order valence-corrected chi connectivity index (χ2v) is 7.24. The van der Waals surface area contributed by atoms with Crippen molar-refractivity contribution in [1.82, 2.24) is 14.9 Å². The summed E-state index contributed by atoms with van der Waals surface area (Å²) in [6.45, 7) is 8.03. The van der Waals surface area contributed by atoms with Crippen molar-refractivity contribution in [3.63, 3.8) is 0 Å². The summed E-state index contributed by atoms with van der Waals surface area (Å²) >= 11 is 0. The fourth-order valence-corrected chi connectivity index (χ4v) is 3.16. The molecule has 27 heavy (non-hydrogen) atoms. The van der Waals surface area contributed by atoms with Gasteiger partial charge in [0.1, 0.15) is 5.69 Å². The third-order valence-corrected chi connectivity index (χ3v) is 5.10. The van der Waals surface area contributed by atoms with Gasteiger partial charge in [0.05, 0.1) is 12.7 Å². The third kappa shape index (κ3) is 4.94. The Bertz CT molecular complexity index is 779. The predicted molar refractivity (Wildman–Crippen MR) is 109 cm³/mol. The molecule has 0 amide bonds. The Labute approximate surface area is 161 Å². The van der Waals surface area contributed by atoms with E-state index in [0.29, 0.717) is 6.54 Å². The van der Waals surface area contributed by atoms with E-state index >= 15 is 0 Å². The molecular formula is C22H28N4O. The van der Waals surface area contributed by atoms with Gasteiger partial charge < -0.3 is 9.74 Å². The van der Waals surface area contributed by atoms with Crippen molar-refractivity contribution in [2.75, 3.05) is 13.1 Å². The summed E-state index contributed by atoms with van der Waals surface area (Å²) in [4.78, 5) is 16.4. The van der Waals surface area contributed by atoms with E-state index in [2.05, 4.69) is 64.3 Å². The number of hydrogen-bond donors (Lipinski definition) is 0. The lowest BCUT2D eigenvalue weighted by molar-refractivity contribution is 0.0201. The maximum absolute atomic E-state index is 5.72. The Morgan fingerprint density at radius 2 is 2.22 bits per heavy atom. The van der Waals surface area contributed by atoms with Crippen LogP contribution in [0.2, 0.25) is 0 Å². The monoisotopic (exact) mass is 364 g/mol. The molecule has 0 radical (unpaired) electrons. The summed E-state index contributed by atoms with van der Waals surface area (Å²) in [5.41, 5.74) is 2.25. The van der Waals surface area contributed by atoms with Crippen LogP contribution in [0.1, 0.15) is 45.4 Å². The van der Waals surface area contributed by atoms with Crippen molar-refractivity contribution in [3.8, 4) is 0 Å². The second kappa shape index (κ2) is 8.80. The van der Waals surface area contributed by atoms with E-state index in [0.717, 1.165) is 30.9 Å². The van der Waals surface area contributed by atoms with Crippen LogP contribution in [0.3, 0.4) is 0 Å². The minimum absolute atomic E-state index is 0.210. The zero-order chi connectivity index (χ0) is 19.1. The van der Waals surface area contributed by atoms with Crippen molar-refractivity contribution in [2.45, 2.75) is 39.7 Å². The number of nitrogens with zero attached hydrogens (tertiary/aromatic N) is 4. The SMILES string of the molecule is C/C=C\CN1CC(c2cnccn2)ON=C1/C=C/C1=C[C@](C)(CC)CC=C1. The van der Waals surface area contributed by atoms with E-state index in [-0.39, 0.29) is 11.5 Å². The molecule has 1 unspecified atom stereocenters. The molecular weight excluding hydrogens is 336 g/mol. The van der Waals surface area contributed by atoms with Crippen LogP contribution in [0.15, 0.2) is 71.9 Å². The smallest absolute Gasteiger partial charge is 0.188 e. The Kier molecular flexibility index (Phi) is 6.22. The van der Waals surface area contributed by atoms with Crippen molar-refractivity contribution in [3.05, 3.63) is 72.4 Å². The number of rotatable bonds is 6. The van der Waals surface area contributed by atoms with Crippen LogP contribution in [0, 0.1) is 5.41 Å². The highest BCUT2D eigenvalue weighted by molar-refractivity contribution is 5.93. The van der Waals surface area contributed by atoms with Gasteiger partial charge in [0.2, 0.25) is 0 Å². The molecule has 0 aromatic carbocycles. The van der Waals surface area contributed by atoms with Gasteiger partial charge in [-0.3, -0.25) is 9.97 Å². The summed E-state index contributed by atoms with van der Waals surface area (Å²) in [7, 11) is 0. The number of allylic oxidation sites excluding steroid dienone is 6. The van der Waals surface area contributed by atoms with E-state index in [4.69, 9.17) is 4.84 Å². The number of hydrogen-bond acceptors (Lipinski definition) is 5. The Morgan fingerprint density at radius 1 is 1.33 bits per heavy atom. The summed E-state index contributed by atoms with van der Waals surface area (Å²) in [6.07, 6.45) is 22.2. The highest BCUT2D eigenvalue weighted by atomic mass is 16.6. The molecule has 1 aromatic heterocycles. The summed E-state index contributed by atoms with van der Waals surface area (Å²) in [5, 5.41) is 4.37. The predicted octanol–water partition coefficient (Wildman–Crippen LogP) is 4.60. The number of oxime groups is 1. The Balaban J connectivity index is 1.78. The van der Waals surface area contributed by atoms with Crippen LogP contribution in [-0.2, 0) is 4.84 Å². The van der Waals surface area contributed by atoms with E-state index in [1.54, 1.807) is 18.6 Å². The minimum Gasteiger partial charge on any atom is -0.382 e. The van der Waals surface area contributed by atoms with Gasteiger partial charge in [-0.1, -0.05) is 55.5 Å². The molecule has 5 heteroatoms. The first-order valence-electron chi connectivity index (χ1n) is 9.57. The molecule has 1 aliphatic carbocycles.